The summed E-state index contributed by atoms with van der Waals surface area (Å²) in [6.45, 7) is 4.14. The predicted octanol–water partition coefficient (Wildman–Crippen LogP) is 3.31. The van der Waals surface area contributed by atoms with Gasteiger partial charge in [-0.25, -0.2) is 8.42 Å². The Morgan fingerprint density at radius 3 is 2.39 bits per heavy atom. The molecule has 0 aliphatic rings. The number of benzene rings is 2. The number of carbonyl (C=O) groups is 1. The normalized spacial score (nSPS) is 12.2. The van der Waals surface area contributed by atoms with Gasteiger partial charge in [0.1, 0.15) is 6.04 Å². The second-order valence-electron chi connectivity index (χ2n) is 7.41. The molecule has 0 aliphatic carbocycles. The van der Waals surface area contributed by atoms with Crippen LogP contribution in [0.3, 0.4) is 0 Å². The number of sulfonamides is 1. The molecule has 0 radical (unpaired) electrons. The molecule has 1 N–H and O–H groups in total. The lowest BCUT2D eigenvalue weighted by Crippen LogP contribution is -2.49. The van der Waals surface area contributed by atoms with Gasteiger partial charge in [0, 0.05) is 6.54 Å². The molecule has 1 amide bonds. The minimum atomic E-state index is -3.63. The molecule has 0 aliphatic heterocycles. The third-order valence-electron chi connectivity index (χ3n) is 4.98. The Morgan fingerprint density at radius 2 is 1.81 bits per heavy atom. The largest absolute Gasteiger partial charge is 0.493 e. The Hall–Kier alpha value is -2.74. The van der Waals surface area contributed by atoms with Gasteiger partial charge in [0.05, 0.1) is 26.2 Å². The van der Waals surface area contributed by atoms with Crippen LogP contribution in [-0.4, -0.2) is 47.4 Å². The number of hydrogen-bond acceptors (Lipinski definition) is 5. The zero-order valence-corrected chi connectivity index (χ0v) is 19.7. The van der Waals surface area contributed by atoms with Crippen LogP contribution >= 0.6 is 0 Å². The Bertz CT molecular complexity index is 991. The standard InChI is InChI=1S/C23H32N2O5S/c1-6-20(25(31(5,27)28)19-11-7-9-17(2)15-19)23(26)24-14-8-10-18-12-13-21(29-3)22(16-18)30-4/h7,9,11-13,15-16,20H,6,8,10,14H2,1-5H3,(H,24,26). The van der Waals surface area contributed by atoms with Crippen molar-refractivity contribution < 1.29 is 22.7 Å². The molecule has 2 rings (SSSR count). The molecule has 0 fully saturated rings. The van der Waals surface area contributed by atoms with Gasteiger partial charge in [-0.1, -0.05) is 25.1 Å². The first kappa shape index (κ1) is 24.5. The van der Waals surface area contributed by atoms with E-state index in [2.05, 4.69) is 5.32 Å². The molecule has 8 heteroatoms. The topological polar surface area (TPSA) is 84.9 Å². The summed E-state index contributed by atoms with van der Waals surface area (Å²) in [6.07, 6.45) is 2.94. The van der Waals surface area contributed by atoms with E-state index in [4.69, 9.17) is 9.47 Å². The molecule has 2 aromatic rings. The predicted molar refractivity (Wildman–Crippen MR) is 123 cm³/mol. The zero-order chi connectivity index (χ0) is 23.0. The van der Waals surface area contributed by atoms with Crippen molar-refractivity contribution >= 4 is 21.6 Å². The molecule has 0 heterocycles. The average Bonchev–Trinajstić information content (AvgIpc) is 2.73. The highest BCUT2D eigenvalue weighted by molar-refractivity contribution is 7.92. The van der Waals surface area contributed by atoms with E-state index in [1.54, 1.807) is 32.4 Å². The lowest BCUT2D eigenvalue weighted by molar-refractivity contribution is -0.122. The molecule has 0 bridgehead atoms. The average molecular weight is 449 g/mol. The molecule has 1 unspecified atom stereocenters. The molecule has 0 aromatic heterocycles. The van der Waals surface area contributed by atoms with E-state index in [0.29, 0.717) is 36.6 Å². The van der Waals surface area contributed by atoms with Gasteiger partial charge in [-0.15, -0.1) is 0 Å². The Labute approximate surface area is 185 Å². The summed E-state index contributed by atoms with van der Waals surface area (Å²) >= 11 is 0. The number of nitrogens with one attached hydrogen (secondary N) is 1. The quantitative estimate of drug-likeness (QED) is 0.533. The minimum Gasteiger partial charge on any atom is -0.493 e. The van der Waals surface area contributed by atoms with Gasteiger partial charge in [0.2, 0.25) is 15.9 Å². The van der Waals surface area contributed by atoms with E-state index in [9.17, 15) is 13.2 Å². The van der Waals surface area contributed by atoms with Crippen molar-refractivity contribution in [2.45, 2.75) is 39.2 Å². The van der Waals surface area contributed by atoms with E-state index >= 15 is 0 Å². The van der Waals surface area contributed by atoms with Gasteiger partial charge in [-0.3, -0.25) is 9.10 Å². The summed E-state index contributed by atoms with van der Waals surface area (Å²) in [5, 5.41) is 2.89. The Morgan fingerprint density at radius 1 is 1.10 bits per heavy atom. The van der Waals surface area contributed by atoms with Gasteiger partial charge in [0.25, 0.3) is 0 Å². The van der Waals surface area contributed by atoms with E-state index < -0.39 is 16.1 Å². The summed E-state index contributed by atoms with van der Waals surface area (Å²) in [5.74, 6) is 1.03. The number of methoxy groups -OCH3 is 2. The maximum Gasteiger partial charge on any atom is 0.243 e. The fraction of sp³-hybridized carbons (Fsp3) is 0.435. The van der Waals surface area contributed by atoms with Crippen LogP contribution in [0, 0.1) is 6.92 Å². The van der Waals surface area contributed by atoms with Crippen molar-refractivity contribution in [1.82, 2.24) is 5.32 Å². The maximum atomic E-state index is 12.9. The van der Waals surface area contributed by atoms with Crippen molar-refractivity contribution in [2.24, 2.45) is 0 Å². The molecule has 0 spiro atoms. The summed E-state index contributed by atoms with van der Waals surface area (Å²) in [6, 6.07) is 12.1. The van der Waals surface area contributed by atoms with Crippen LogP contribution in [0.5, 0.6) is 11.5 Å². The minimum absolute atomic E-state index is 0.304. The number of ether oxygens (including phenoxy) is 2. The SMILES string of the molecule is CCC(C(=O)NCCCc1ccc(OC)c(OC)c1)N(c1cccc(C)c1)S(C)(=O)=O. The molecule has 1 atom stereocenters. The van der Waals surface area contributed by atoms with Crippen LogP contribution in [0.15, 0.2) is 42.5 Å². The van der Waals surface area contributed by atoms with Crippen LogP contribution in [0.25, 0.3) is 0 Å². The third-order valence-corrected chi connectivity index (χ3v) is 6.16. The van der Waals surface area contributed by atoms with Crippen molar-refractivity contribution in [3.8, 4) is 11.5 Å². The number of anilines is 1. The second-order valence-corrected chi connectivity index (χ2v) is 9.27. The van der Waals surface area contributed by atoms with E-state index in [0.717, 1.165) is 23.8 Å². The molecule has 0 saturated heterocycles. The summed E-state index contributed by atoms with van der Waals surface area (Å²) in [4.78, 5) is 12.9. The van der Waals surface area contributed by atoms with Crippen LogP contribution in [-0.2, 0) is 21.2 Å². The molecular weight excluding hydrogens is 416 g/mol. The first-order valence-corrected chi connectivity index (χ1v) is 12.1. The fourth-order valence-corrected chi connectivity index (χ4v) is 4.69. The smallest absolute Gasteiger partial charge is 0.243 e. The Kier molecular flexibility index (Phi) is 8.74. The number of carbonyl (C=O) groups excluding carboxylic acids is 1. The van der Waals surface area contributed by atoms with Crippen molar-refractivity contribution in [2.75, 3.05) is 31.3 Å². The summed E-state index contributed by atoms with van der Waals surface area (Å²) in [7, 11) is -0.449. The monoisotopic (exact) mass is 448 g/mol. The molecule has 2 aromatic carbocycles. The van der Waals surface area contributed by atoms with E-state index in [1.807, 2.05) is 38.1 Å². The summed E-state index contributed by atoms with van der Waals surface area (Å²) in [5.41, 5.74) is 2.49. The van der Waals surface area contributed by atoms with Crippen LogP contribution in [0.1, 0.15) is 30.9 Å². The lowest BCUT2D eigenvalue weighted by atomic mass is 10.1. The number of nitrogens with zero attached hydrogens (tertiary/aromatic N) is 1. The van der Waals surface area contributed by atoms with Crippen molar-refractivity contribution in [1.29, 1.82) is 0 Å². The second kappa shape index (κ2) is 11.0. The van der Waals surface area contributed by atoms with Crippen molar-refractivity contribution in [3.63, 3.8) is 0 Å². The molecule has 0 saturated carbocycles. The summed E-state index contributed by atoms with van der Waals surface area (Å²) < 4.78 is 36.8. The van der Waals surface area contributed by atoms with Gasteiger partial charge in [-0.05, 0) is 61.6 Å². The van der Waals surface area contributed by atoms with Gasteiger partial charge in [0.15, 0.2) is 11.5 Å². The highest BCUT2D eigenvalue weighted by Crippen LogP contribution is 2.28. The zero-order valence-electron chi connectivity index (χ0n) is 18.8. The molecule has 31 heavy (non-hydrogen) atoms. The lowest BCUT2D eigenvalue weighted by Gasteiger charge is -2.30. The third kappa shape index (κ3) is 6.62. The Balaban J connectivity index is 2.03. The molecule has 170 valence electrons. The molecule has 7 nitrogen and oxygen atoms in total. The van der Waals surface area contributed by atoms with Crippen molar-refractivity contribution in [3.05, 3.63) is 53.6 Å². The highest BCUT2D eigenvalue weighted by Gasteiger charge is 2.31. The first-order valence-electron chi connectivity index (χ1n) is 10.3. The number of amides is 1. The maximum absolute atomic E-state index is 12.9. The van der Waals surface area contributed by atoms with Gasteiger partial charge >= 0.3 is 0 Å². The van der Waals surface area contributed by atoms with Gasteiger partial charge < -0.3 is 14.8 Å². The highest BCUT2D eigenvalue weighted by atomic mass is 32.2. The number of aryl methyl sites for hydroxylation is 2. The van der Waals surface area contributed by atoms with E-state index in [1.165, 1.54) is 4.31 Å². The molecular formula is C23H32N2O5S. The van der Waals surface area contributed by atoms with Gasteiger partial charge in [-0.2, -0.15) is 0 Å². The van der Waals surface area contributed by atoms with Crippen LogP contribution < -0.4 is 19.1 Å². The number of hydrogen-bond donors (Lipinski definition) is 1. The van der Waals surface area contributed by atoms with Crippen LogP contribution in [0.4, 0.5) is 5.69 Å². The van der Waals surface area contributed by atoms with Crippen LogP contribution in [0.2, 0.25) is 0 Å². The van der Waals surface area contributed by atoms with E-state index in [-0.39, 0.29) is 5.91 Å². The first-order chi connectivity index (χ1) is 14.7. The number of rotatable bonds is 11. The fourth-order valence-electron chi connectivity index (χ4n) is 3.48.